The average molecular weight is 247 g/mol. The van der Waals surface area contributed by atoms with Crippen LogP contribution in [-0.2, 0) is 14.8 Å². The van der Waals surface area contributed by atoms with Gasteiger partial charge in [0.05, 0.1) is 6.61 Å². The van der Waals surface area contributed by atoms with Gasteiger partial charge >= 0.3 is 0 Å². The van der Waals surface area contributed by atoms with E-state index < -0.39 is 10.0 Å². The molecule has 0 amide bonds. The summed E-state index contributed by atoms with van der Waals surface area (Å²) in [6.07, 6.45) is 3.86. The van der Waals surface area contributed by atoms with E-state index in [0.29, 0.717) is 38.6 Å². The van der Waals surface area contributed by atoms with Crippen molar-refractivity contribution in [3.8, 4) is 0 Å². The SMILES string of the molecule is CCC1CCN(S(=O)(=O)C2CCOC2)CC1. The molecule has 2 aliphatic rings. The van der Waals surface area contributed by atoms with Crippen molar-refractivity contribution >= 4 is 10.0 Å². The molecule has 2 heterocycles. The zero-order valence-corrected chi connectivity index (χ0v) is 10.7. The summed E-state index contributed by atoms with van der Waals surface area (Å²) < 4.78 is 31.3. The number of hydrogen-bond acceptors (Lipinski definition) is 3. The third-order valence-corrected chi connectivity index (χ3v) is 6.12. The second kappa shape index (κ2) is 5.02. The Labute approximate surface area is 98.0 Å². The Hall–Kier alpha value is -0.130. The second-order valence-corrected chi connectivity index (χ2v) is 6.99. The highest BCUT2D eigenvalue weighted by molar-refractivity contribution is 7.89. The molecule has 16 heavy (non-hydrogen) atoms. The van der Waals surface area contributed by atoms with E-state index in [1.807, 2.05) is 0 Å². The first-order valence-electron chi connectivity index (χ1n) is 6.21. The summed E-state index contributed by atoms with van der Waals surface area (Å²) in [6, 6.07) is 0. The summed E-state index contributed by atoms with van der Waals surface area (Å²) in [5, 5.41) is -0.286. The minimum Gasteiger partial charge on any atom is -0.380 e. The molecular weight excluding hydrogens is 226 g/mol. The standard InChI is InChI=1S/C11H21NO3S/c1-2-10-3-6-12(7-4-10)16(13,14)11-5-8-15-9-11/h10-11H,2-9H2,1H3. The first-order chi connectivity index (χ1) is 7.64. The third-order valence-electron chi connectivity index (χ3n) is 3.82. The molecule has 1 atom stereocenters. The average Bonchev–Trinajstić information content (AvgIpc) is 2.83. The van der Waals surface area contributed by atoms with Crippen LogP contribution in [0.3, 0.4) is 0 Å². The molecule has 0 spiro atoms. The Balaban J connectivity index is 1.97. The normalized spacial score (nSPS) is 29.7. The molecule has 2 rings (SSSR count). The van der Waals surface area contributed by atoms with Gasteiger partial charge in [-0.15, -0.1) is 0 Å². The Morgan fingerprint density at radius 1 is 1.25 bits per heavy atom. The highest BCUT2D eigenvalue weighted by Gasteiger charge is 2.36. The van der Waals surface area contributed by atoms with Crippen molar-refractivity contribution in [2.75, 3.05) is 26.3 Å². The minimum absolute atomic E-state index is 0.286. The van der Waals surface area contributed by atoms with Crippen LogP contribution in [-0.4, -0.2) is 44.3 Å². The van der Waals surface area contributed by atoms with Gasteiger partial charge in [0, 0.05) is 19.7 Å². The molecule has 0 aromatic heterocycles. The van der Waals surface area contributed by atoms with Crippen molar-refractivity contribution in [2.24, 2.45) is 5.92 Å². The van der Waals surface area contributed by atoms with Crippen LogP contribution in [0.15, 0.2) is 0 Å². The van der Waals surface area contributed by atoms with Crippen LogP contribution in [0.2, 0.25) is 0 Å². The lowest BCUT2D eigenvalue weighted by atomic mass is 9.96. The summed E-state index contributed by atoms with van der Waals surface area (Å²) in [4.78, 5) is 0. The molecule has 2 fully saturated rings. The number of sulfonamides is 1. The van der Waals surface area contributed by atoms with Gasteiger partial charge in [-0.3, -0.25) is 0 Å². The van der Waals surface area contributed by atoms with E-state index in [-0.39, 0.29) is 5.25 Å². The predicted molar refractivity (Wildman–Crippen MR) is 62.7 cm³/mol. The number of rotatable bonds is 3. The molecule has 0 aromatic rings. The third kappa shape index (κ3) is 2.41. The maximum absolute atomic E-state index is 12.2. The summed E-state index contributed by atoms with van der Waals surface area (Å²) >= 11 is 0. The van der Waals surface area contributed by atoms with Crippen molar-refractivity contribution in [1.29, 1.82) is 0 Å². The molecule has 2 saturated heterocycles. The van der Waals surface area contributed by atoms with Gasteiger partial charge in [0.1, 0.15) is 5.25 Å². The van der Waals surface area contributed by atoms with Crippen molar-refractivity contribution in [3.05, 3.63) is 0 Å². The van der Waals surface area contributed by atoms with Crippen LogP contribution in [0.5, 0.6) is 0 Å². The van der Waals surface area contributed by atoms with Gasteiger partial charge < -0.3 is 4.74 Å². The highest BCUT2D eigenvalue weighted by atomic mass is 32.2. The fourth-order valence-corrected chi connectivity index (χ4v) is 4.33. The van der Waals surface area contributed by atoms with E-state index in [1.54, 1.807) is 4.31 Å². The fourth-order valence-electron chi connectivity index (χ4n) is 2.53. The molecule has 0 aliphatic carbocycles. The largest absolute Gasteiger partial charge is 0.380 e. The molecule has 4 nitrogen and oxygen atoms in total. The van der Waals surface area contributed by atoms with Crippen LogP contribution >= 0.6 is 0 Å². The van der Waals surface area contributed by atoms with E-state index in [4.69, 9.17) is 4.74 Å². The van der Waals surface area contributed by atoms with Gasteiger partial charge in [0.2, 0.25) is 10.0 Å². The minimum atomic E-state index is -3.09. The zero-order chi connectivity index (χ0) is 11.6. The lowest BCUT2D eigenvalue weighted by Gasteiger charge is -2.32. The van der Waals surface area contributed by atoms with E-state index >= 15 is 0 Å². The van der Waals surface area contributed by atoms with Gasteiger partial charge in [-0.2, -0.15) is 0 Å². The number of piperidine rings is 1. The van der Waals surface area contributed by atoms with Crippen molar-refractivity contribution in [1.82, 2.24) is 4.31 Å². The lowest BCUT2D eigenvalue weighted by molar-refractivity contribution is 0.197. The van der Waals surface area contributed by atoms with Crippen molar-refractivity contribution in [3.63, 3.8) is 0 Å². The molecule has 1 unspecified atom stereocenters. The maximum Gasteiger partial charge on any atom is 0.219 e. The molecule has 5 heteroatoms. The van der Waals surface area contributed by atoms with Crippen molar-refractivity contribution in [2.45, 2.75) is 37.9 Å². The maximum atomic E-state index is 12.2. The quantitative estimate of drug-likeness (QED) is 0.753. The molecule has 2 aliphatic heterocycles. The summed E-state index contributed by atoms with van der Waals surface area (Å²) in [7, 11) is -3.09. The van der Waals surface area contributed by atoms with Gasteiger partial charge in [-0.1, -0.05) is 13.3 Å². The topological polar surface area (TPSA) is 46.6 Å². The molecular formula is C11H21NO3S. The summed E-state index contributed by atoms with van der Waals surface area (Å²) in [5.41, 5.74) is 0. The van der Waals surface area contributed by atoms with Crippen LogP contribution < -0.4 is 0 Å². The van der Waals surface area contributed by atoms with Gasteiger partial charge in [0.25, 0.3) is 0 Å². The molecule has 94 valence electrons. The Morgan fingerprint density at radius 3 is 2.44 bits per heavy atom. The van der Waals surface area contributed by atoms with Gasteiger partial charge in [-0.05, 0) is 25.2 Å². The Kier molecular flexibility index (Phi) is 3.87. The first kappa shape index (κ1) is 12.3. The summed E-state index contributed by atoms with van der Waals surface area (Å²) in [6.45, 7) is 4.57. The lowest BCUT2D eigenvalue weighted by Crippen LogP contribution is -2.43. The Morgan fingerprint density at radius 2 is 1.94 bits per heavy atom. The van der Waals surface area contributed by atoms with Crippen LogP contribution in [0, 0.1) is 5.92 Å². The summed E-state index contributed by atoms with van der Waals surface area (Å²) in [5.74, 6) is 0.714. The van der Waals surface area contributed by atoms with E-state index in [1.165, 1.54) is 6.42 Å². The monoisotopic (exact) mass is 247 g/mol. The fraction of sp³-hybridized carbons (Fsp3) is 1.00. The number of nitrogens with zero attached hydrogens (tertiary/aromatic N) is 1. The van der Waals surface area contributed by atoms with E-state index in [0.717, 1.165) is 12.8 Å². The van der Waals surface area contributed by atoms with Crippen LogP contribution in [0.25, 0.3) is 0 Å². The highest BCUT2D eigenvalue weighted by Crippen LogP contribution is 2.25. The first-order valence-corrected chi connectivity index (χ1v) is 7.71. The van der Waals surface area contributed by atoms with Crippen molar-refractivity contribution < 1.29 is 13.2 Å². The van der Waals surface area contributed by atoms with E-state index in [2.05, 4.69) is 6.92 Å². The predicted octanol–water partition coefficient (Wildman–Crippen LogP) is 1.23. The Bertz CT molecular complexity index is 314. The zero-order valence-electron chi connectivity index (χ0n) is 9.89. The molecule has 0 radical (unpaired) electrons. The molecule has 0 N–H and O–H groups in total. The molecule has 0 bridgehead atoms. The van der Waals surface area contributed by atoms with Crippen LogP contribution in [0.1, 0.15) is 32.6 Å². The second-order valence-electron chi connectivity index (χ2n) is 4.78. The smallest absolute Gasteiger partial charge is 0.219 e. The number of hydrogen-bond donors (Lipinski definition) is 0. The van der Waals surface area contributed by atoms with Gasteiger partial charge in [0.15, 0.2) is 0 Å². The van der Waals surface area contributed by atoms with Gasteiger partial charge in [-0.25, -0.2) is 12.7 Å². The number of ether oxygens (including phenoxy) is 1. The van der Waals surface area contributed by atoms with E-state index in [9.17, 15) is 8.42 Å². The molecule has 0 saturated carbocycles. The van der Waals surface area contributed by atoms with Crippen LogP contribution in [0.4, 0.5) is 0 Å². The molecule has 0 aromatic carbocycles.